The standard InChI is InChI=1S/C14H21NO/c1-10-4-5-13(16)12(8-10)11(2)15-9-14(3)6-7-14/h4-5,8,11,15-16H,6-7,9H2,1-3H3. The Morgan fingerprint density at radius 1 is 1.44 bits per heavy atom. The number of phenols is 1. The first-order chi connectivity index (χ1) is 7.50. The first kappa shape index (κ1) is 11.5. The smallest absolute Gasteiger partial charge is 0.120 e. The van der Waals surface area contributed by atoms with E-state index in [1.54, 1.807) is 6.07 Å². The molecule has 2 nitrogen and oxygen atoms in total. The van der Waals surface area contributed by atoms with E-state index >= 15 is 0 Å². The lowest BCUT2D eigenvalue weighted by molar-refractivity contribution is 0.428. The van der Waals surface area contributed by atoms with E-state index in [4.69, 9.17) is 0 Å². The van der Waals surface area contributed by atoms with E-state index in [2.05, 4.69) is 32.2 Å². The number of phenolic OH excluding ortho intramolecular Hbond substituents is 1. The van der Waals surface area contributed by atoms with Gasteiger partial charge in [-0.1, -0.05) is 24.6 Å². The van der Waals surface area contributed by atoms with Crippen LogP contribution in [0, 0.1) is 12.3 Å². The van der Waals surface area contributed by atoms with Crippen molar-refractivity contribution in [3.8, 4) is 5.75 Å². The van der Waals surface area contributed by atoms with Crippen LogP contribution in [0.25, 0.3) is 0 Å². The van der Waals surface area contributed by atoms with Crippen LogP contribution in [0.15, 0.2) is 18.2 Å². The van der Waals surface area contributed by atoms with Crippen LogP contribution in [0.4, 0.5) is 0 Å². The first-order valence-electron chi connectivity index (χ1n) is 6.03. The van der Waals surface area contributed by atoms with E-state index in [1.165, 1.54) is 18.4 Å². The molecule has 1 unspecified atom stereocenters. The quantitative estimate of drug-likeness (QED) is 0.815. The molecule has 2 rings (SSSR count). The summed E-state index contributed by atoms with van der Waals surface area (Å²) in [6, 6.07) is 6.00. The van der Waals surface area contributed by atoms with Gasteiger partial charge in [-0.15, -0.1) is 0 Å². The van der Waals surface area contributed by atoms with E-state index in [0.29, 0.717) is 11.2 Å². The van der Waals surface area contributed by atoms with E-state index in [0.717, 1.165) is 12.1 Å². The monoisotopic (exact) mass is 219 g/mol. The molecule has 1 aromatic rings. The predicted octanol–water partition coefficient (Wildman–Crippen LogP) is 3.15. The van der Waals surface area contributed by atoms with Gasteiger partial charge in [-0.05, 0) is 38.2 Å². The van der Waals surface area contributed by atoms with E-state index in [9.17, 15) is 5.11 Å². The average Bonchev–Trinajstić information content (AvgIpc) is 2.97. The highest BCUT2D eigenvalue weighted by Crippen LogP contribution is 2.44. The van der Waals surface area contributed by atoms with Gasteiger partial charge in [0.05, 0.1) is 0 Å². The molecule has 2 N–H and O–H groups in total. The maximum absolute atomic E-state index is 9.81. The fourth-order valence-electron chi connectivity index (χ4n) is 1.92. The predicted molar refractivity (Wildman–Crippen MR) is 66.6 cm³/mol. The van der Waals surface area contributed by atoms with Crippen molar-refractivity contribution in [1.82, 2.24) is 5.32 Å². The van der Waals surface area contributed by atoms with Crippen molar-refractivity contribution in [3.05, 3.63) is 29.3 Å². The van der Waals surface area contributed by atoms with Crippen molar-refractivity contribution in [2.75, 3.05) is 6.54 Å². The molecule has 1 aliphatic carbocycles. The summed E-state index contributed by atoms with van der Waals surface area (Å²) in [4.78, 5) is 0. The Morgan fingerprint density at radius 2 is 2.12 bits per heavy atom. The Bertz CT molecular complexity index is 382. The molecule has 0 amide bonds. The fraction of sp³-hybridized carbons (Fsp3) is 0.571. The average molecular weight is 219 g/mol. The molecule has 1 fully saturated rings. The van der Waals surface area contributed by atoms with Gasteiger partial charge < -0.3 is 10.4 Å². The zero-order valence-electron chi connectivity index (χ0n) is 10.4. The van der Waals surface area contributed by atoms with Crippen LogP contribution in [0.5, 0.6) is 5.75 Å². The third-order valence-electron chi connectivity index (χ3n) is 3.59. The summed E-state index contributed by atoms with van der Waals surface area (Å²) in [5.41, 5.74) is 2.71. The largest absolute Gasteiger partial charge is 0.508 e. The van der Waals surface area contributed by atoms with Crippen molar-refractivity contribution >= 4 is 0 Å². The second-order valence-electron chi connectivity index (χ2n) is 5.48. The minimum Gasteiger partial charge on any atom is -0.508 e. The van der Waals surface area contributed by atoms with Crippen LogP contribution in [0.3, 0.4) is 0 Å². The summed E-state index contributed by atoms with van der Waals surface area (Å²) < 4.78 is 0. The van der Waals surface area contributed by atoms with Crippen molar-refractivity contribution < 1.29 is 5.11 Å². The van der Waals surface area contributed by atoms with Gasteiger partial charge in [0.1, 0.15) is 5.75 Å². The van der Waals surface area contributed by atoms with Gasteiger partial charge in [-0.3, -0.25) is 0 Å². The molecule has 0 spiro atoms. The highest BCUT2D eigenvalue weighted by atomic mass is 16.3. The van der Waals surface area contributed by atoms with Crippen LogP contribution in [0.1, 0.15) is 43.9 Å². The Balaban J connectivity index is 2.01. The van der Waals surface area contributed by atoms with Gasteiger partial charge in [0.2, 0.25) is 0 Å². The van der Waals surface area contributed by atoms with Crippen LogP contribution < -0.4 is 5.32 Å². The summed E-state index contributed by atoms with van der Waals surface area (Å²) in [6.07, 6.45) is 2.65. The molecular weight excluding hydrogens is 198 g/mol. The zero-order chi connectivity index (χ0) is 11.8. The molecule has 1 aliphatic rings. The maximum atomic E-state index is 9.81. The van der Waals surface area contributed by atoms with Gasteiger partial charge in [-0.2, -0.15) is 0 Å². The van der Waals surface area contributed by atoms with Crippen LogP contribution in [-0.4, -0.2) is 11.7 Å². The molecule has 0 aliphatic heterocycles. The summed E-state index contributed by atoms with van der Waals surface area (Å²) in [7, 11) is 0. The summed E-state index contributed by atoms with van der Waals surface area (Å²) in [6.45, 7) is 7.52. The Morgan fingerprint density at radius 3 is 2.75 bits per heavy atom. The molecule has 0 bridgehead atoms. The van der Waals surface area contributed by atoms with Crippen molar-refractivity contribution in [2.24, 2.45) is 5.41 Å². The lowest BCUT2D eigenvalue weighted by Gasteiger charge is -2.18. The molecule has 1 aromatic carbocycles. The fourth-order valence-corrected chi connectivity index (χ4v) is 1.92. The van der Waals surface area contributed by atoms with Crippen molar-refractivity contribution in [2.45, 2.75) is 39.7 Å². The SMILES string of the molecule is Cc1ccc(O)c(C(C)NCC2(C)CC2)c1. The highest BCUT2D eigenvalue weighted by Gasteiger charge is 2.37. The highest BCUT2D eigenvalue weighted by molar-refractivity contribution is 5.37. The molecule has 0 aromatic heterocycles. The molecule has 88 valence electrons. The second kappa shape index (κ2) is 4.10. The lowest BCUT2D eigenvalue weighted by Crippen LogP contribution is -2.25. The minimum atomic E-state index is 0.220. The summed E-state index contributed by atoms with van der Waals surface area (Å²) >= 11 is 0. The van der Waals surface area contributed by atoms with Gasteiger partial charge >= 0.3 is 0 Å². The summed E-state index contributed by atoms with van der Waals surface area (Å²) in [5.74, 6) is 0.395. The maximum Gasteiger partial charge on any atom is 0.120 e. The minimum absolute atomic E-state index is 0.220. The summed E-state index contributed by atoms with van der Waals surface area (Å²) in [5, 5.41) is 13.3. The molecule has 1 saturated carbocycles. The number of aryl methyl sites for hydroxylation is 1. The van der Waals surface area contributed by atoms with Gasteiger partial charge in [0.25, 0.3) is 0 Å². The van der Waals surface area contributed by atoms with E-state index in [1.807, 2.05) is 6.07 Å². The van der Waals surface area contributed by atoms with Gasteiger partial charge in [-0.25, -0.2) is 0 Å². The number of nitrogens with one attached hydrogen (secondary N) is 1. The Hall–Kier alpha value is -1.02. The van der Waals surface area contributed by atoms with Crippen molar-refractivity contribution in [3.63, 3.8) is 0 Å². The molecule has 0 saturated heterocycles. The molecule has 1 atom stereocenters. The van der Waals surface area contributed by atoms with E-state index in [-0.39, 0.29) is 6.04 Å². The normalized spacial score (nSPS) is 19.4. The third kappa shape index (κ3) is 2.56. The van der Waals surface area contributed by atoms with E-state index < -0.39 is 0 Å². The first-order valence-corrected chi connectivity index (χ1v) is 6.03. The molecular formula is C14H21NO. The number of aromatic hydroxyl groups is 1. The van der Waals surface area contributed by atoms with Crippen LogP contribution in [0.2, 0.25) is 0 Å². The molecule has 0 radical (unpaired) electrons. The Labute approximate surface area is 97.7 Å². The molecule has 0 heterocycles. The second-order valence-corrected chi connectivity index (χ2v) is 5.48. The lowest BCUT2D eigenvalue weighted by atomic mass is 10.0. The molecule has 2 heteroatoms. The van der Waals surface area contributed by atoms with Crippen molar-refractivity contribution in [1.29, 1.82) is 0 Å². The third-order valence-corrected chi connectivity index (χ3v) is 3.59. The number of hydrogen-bond donors (Lipinski definition) is 2. The van der Waals surface area contributed by atoms with Gasteiger partial charge in [0.15, 0.2) is 0 Å². The van der Waals surface area contributed by atoms with Gasteiger partial charge in [0, 0.05) is 18.2 Å². The number of rotatable bonds is 4. The molecule has 16 heavy (non-hydrogen) atoms. The number of hydrogen-bond acceptors (Lipinski definition) is 2. The van der Waals surface area contributed by atoms with Crippen LogP contribution in [-0.2, 0) is 0 Å². The zero-order valence-corrected chi connectivity index (χ0v) is 10.4. The topological polar surface area (TPSA) is 32.3 Å². The van der Waals surface area contributed by atoms with Crippen LogP contribution >= 0.6 is 0 Å². The Kier molecular flexibility index (Phi) is 2.94. The number of benzene rings is 1.